The maximum atomic E-state index is 11.0. The third-order valence-electron chi connectivity index (χ3n) is 3.29. The summed E-state index contributed by atoms with van der Waals surface area (Å²) in [5.74, 6) is 1.52. The molecular weight excluding hydrogens is 216 g/mol. The monoisotopic (exact) mass is 236 g/mol. The van der Waals surface area contributed by atoms with Crippen molar-refractivity contribution in [2.24, 2.45) is 5.92 Å². The Morgan fingerprint density at radius 3 is 3.00 bits per heavy atom. The van der Waals surface area contributed by atoms with E-state index in [1.165, 1.54) is 38.3 Å². The molecule has 17 heavy (non-hydrogen) atoms. The maximum Gasteiger partial charge on any atom is 0.252 e. The smallest absolute Gasteiger partial charge is 0.252 e. The van der Waals surface area contributed by atoms with Gasteiger partial charge in [0, 0.05) is 19.2 Å². The number of likely N-dealkylation sites (tertiary alicyclic amines) is 1. The molecule has 1 saturated heterocycles. The van der Waals surface area contributed by atoms with Crippen LogP contribution in [-0.2, 0) is 0 Å². The molecule has 5 heteroatoms. The van der Waals surface area contributed by atoms with Gasteiger partial charge in [-0.15, -0.1) is 0 Å². The van der Waals surface area contributed by atoms with Gasteiger partial charge in [0.15, 0.2) is 0 Å². The van der Waals surface area contributed by atoms with E-state index in [9.17, 15) is 4.79 Å². The molecule has 0 atom stereocenters. The first-order valence-corrected chi connectivity index (χ1v) is 6.25. The molecule has 0 bridgehead atoms. The van der Waals surface area contributed by atoms with Crippen LogP contribution >= 0.6 is 0 Å². The van der Waals surface area contributed by atoms with Gasteiger partial charge in [0.2, 0.25) is 0 Å². The van der Waals surface area contributed by atoms with E-state index >= 15 is 0 Å². The lowest BCUT2D eigenvalue weighted by atomic mass is 9.99. The first-order valence-electron chi connectivity index (χ1n) is 6.25. The third kappa shape index (κ3) is 3.85. The highest BCUT2D eigenvalue weighted by atomic mass is 16.1. The summed E-state index contributed by atoms with van der Waals surface area (Å²) in [5.41, 5.74) is -0.116. The van der Waals surface area contributed by atoms with E-state index in [1.54, 1.807) is 0 Å². The van der Waals surface area contributed by atoms with Crippen molar-refractivity contribution >= 4 is 5.82 Å². The average molecular weight is 236 g/mol. The van der Waals surface area contributed by atoms with E-state index in [1.807, 2.05) is 0 Å². The number of nitrogens with one attached hydrogen (secondary N) is 2. The van der Waals surface area contributed by atoms with E-state index in [0.29, 0.717) is 5.82 Å². The van der Waals surface area contributed by atoms with Crippen LogP contribution in [0.1, 0.15) is 19.8 Å². The Labute approximate surface area is 101 Å². The Morgan fingerprint density at radius 1 is 1.53 bits per heavy atom. The van der Waals surface area contributed by atoms with Crippen molar-refractivity contribution in [1.82, 2.24) is 14.9 Å². The number of rotatable bonds is 4. The van der Waals surface area contributed by atoms with Gasteiger partial charge in [-0.05, 0) is 31.8 Å². The van der Waals surface area contributed by atoms with E-state index in [0.717, 1.165) is 19.0 Å². The summed E-state index contributed by atoms with van der Waals surface area (Å²) in [4.78, 5) is 20.1. The van der Waals surface area contributed by atoms with Crippen LogP contribution in [0, 0.1) is 5.92 Å². The van der Waals surface area contributed by atoms with E-state index in [-0.39, 0.29) is 5.56 Å². The number of hydrogen-bond donors (Lipinski definition) is 2. The quantitative estimate of drug-likeness (QED) is 0.816. The van der Waals surface area contributed by atoms with Gasteiger partial charge in [-0.1, -0.05) is 6.92 Å². The number of anilines is 1. The molecule has 0 aromatic carbocycles. The normalized spacial score (nSPS) is 18.2. The van der Waals surface area contributed by atoms with Crippen molar-refractivity contribution in [3.63, 3.8) is 0 Å². The second-order valence-electron chi connectivity index (χ2n) is 4.75. The zero-order chi connectivity index (χ0) is 12.1. The molecule has 1 aromatic heterocycles. The predicted molar refractivity (Wildman–Crippen MR) is 68.2 cm³/mol. The van der Waals surface area contributed by atoms with E-state index < -0.39 is 0 Å². The Morgan fingerprint density at radius 2 is 2.29 bits per heavy atom. The molecule has 2 rings (SSSR count). The van der Waals surface area contributed by atoms with Gasteiger partial charge >= 0.3 is 0 Å². The SMILES string of the molecule is CC1CCN(CCNc2cc(=O)[nH]cn2)CC1. The lowest BCUT2D eigenvalue weighted by Gasteiger charge is -2.30. The highest BCUT2D eigenvalue weighted by Crippen LogP contribution is 2.15. The number of piperidine rings is 1. The molecule has 0 aliphatic carbocycles. The summed E-state index contributed by atoms with van der Waals surface area (Å²) < 4.78 is 0. The molecule has 2 N–H and O–H groups in total. The van der Waals surface area contributed by atoms with E-state index in [2.05, 4.69) is 27.1 Å². The summed E-state index contributed by atoms with van der Waals surface area (Å²) in [6.07, 6.45) is 4.01. The molecule has 1 aliphatic rings. The number of aromatic nitrogens is 2. The summed E-state index contributed by atoms with van der Waals surface area (Å²) in [6, 6.07) is 1.48. The lowest BCUT2D eigenvalue weighted by Crippen LogP contribution is -2.36. The fraction of sp³-hybridized carbons (Fsp3) is 0.667. The lowest BCUT2D eigenvalue weighted by molar-refractivity contribution is 0.199. The Balaban J connectivity index is 1.71. The largest absolute Gasteiger partial charge is 0.369 e. The van der Waals surface area contributed by atoms with Crippen molar-refractivity contribution in [2.75, 3.05) is 31.5 Å². The van der Waals surface area contributed by atoms with Gasteiger partial charge in [-0.2, -0.15) is 0 Å². The van der Waals surface area contributed by atoms with Crippen LogP contribution in [0.3, 0.4) is 0 Å². The van der Waals surface area contributed by atoms with Crippen LogP contribution in [0.5, 0.6) is 0 Å². The zero-order valence-electron chi connectivity index (χ0n) is 10.3. The molecule has 5 nitrogen and oxygen atoms in total. The van der Waals surface area contributed by atoms with Gasteiger partial charge in [0.25, 0.3) is 5.56 Å². The molecule has 1 aromatic rings. The van der Waals surface area contributed by atoms with Crippen molar-refractivity contribution in [2.45, 2.75) is 19.8 Å². The zero-order valence-corrected chi connectivity index (χ0v) is 10.3. The van der Waals surface area contributed by atoms with Crippen molar-refractivity contribution in [1.29, 1.82) is 0 Å². The molecule has 0 radical (unpaired) electrons. The second kappa shape index (κ2) is 5.82. The van der Waals surface area contributed by atoms with Crippen LogP contribution in [0.4, 0.5) is 5.82 Å². The van der Waals surface area contributed by atoms with Gasteiger partial charge in [-0.3, -0.25) is 4.79 Å². The van der Waals surface area contributed by atoms with Crippen molar-refractivity contribution in [3.05, 3.63) is 22.7 Å². The Hall–Kier alpha value is -1.36. The van der Waals surface area contributed by atoms with Crippen molar-refractivity contribution in [3.8, 4) is 0 Å². The molecule has 0 spiro atoms. The van der Waals surface area contributed by atoms with Crippen LogP contribution in [-0.4, -0.2) is 41.0 Å². The highest BCUT2D eigenvalue weighted by molar-refractivity contribution is 5.31. The fourth-order valence-electron chi connectivity index (χ4n) is 2.09. The standard InChI is InChI=1S/C12H20N4O/c1-10-2-5-16(6-3-10)7-4-13-11-8-12(17)15-9-14-11/h8-10H,2-7H2,1H3,(H2,13,14,15,17). The molecule has 94 valence electrons. The highest BCUT2D eigenvalue weighted by Gasteiger charge is 2.14. The van der Waals surface area contributed by atoms with Gasteiger partial charge in [0.05, 0.1) is 6.33 Å². The molecule has 0 amide bonds. The number of hydrogen-bond acceptors (Lipinski definition) is 4. The summed E-state index contributed by atoms with van der Waals surface area (Å²) in [7, 11) is 0. The van der Waals surface area contributed by atoms with E-state index in [4.69, 9.17) is 0 Å². The summed E-state index contributed by atoms with van der Waals surface area (Å²) >= 11 is 0. The van der Waals surface area contributed by atoms with Crippen molar-refractivity contribution < 1.29 is 0 Å². The third-order valence-corrected chi connectivity index (χ3v) is 3.29. The topological polar surface area (TPSA) is 61.0 Å². The summed E-state index contributed by atoms with van der Waals surface area (Å²) in [6.45, 7) is 6.54. The first-order chi connectivity index (χ1) is 8.24. The van der Waals surface area contributed by atoms with Gasteiger partial charge < -0.3 is 15.2 Å². The Kier molecular flexibility index (Phi) is 4.14. The second-order valence-corrected chi connectivity index (χ2v) is 4.75. The van der Waals surface area contributed by atoms with Crippen LogP contribution in [0.2, 0.25) is 0 Å². The minimum absolute atomic E-state index is 0.116. The molecular formula is C12H20N4O. The Bertz CT molecular complexity index is 395. The van der Waals surface area contributed by atoms with Gasteiger partial charge in [-0.25, -0.2) is 4.98 Å². The maximum absolute atomic E-state index is 11.0. The molecule has 2 heterocycles. The van der Waals surface area contributed by atoms with Crippen LogP contribution in [0.15, 0.2) is 17.2 Å². The first kappa shape index (κ1) is 12.1. The number of aromatic amines is 1. The molecule has 1 fully saturated rings. The summed E-state index contributed by atoms with van der Waals surface area (Å²) in [5, 5.41) is 3.17. The fourth-order valence-corrected chi connectivity index (χ4v) is 2.09. The molecule has 0 saturated carbocycles. The minimum Gasteiger partial charge on any atom is -0.369 e. The van der Waals surface area contributed by atoms with Crippen LogP contribution < -0.4 is 10.9 Å². The number of H-pyrrole nitrogens is 1. The van der Waals surface area contributed by atoms with Crippen LogP contribution in [0.25, 0.3) is 0 Å². The number of nitrogens with zero attached hydrogens (tertiary/aromatic N) is 2. The minimum atomic E-state index is -0.116. The predicted octanol–water partition coefficient (Wildman–Crippen LogP) is 0.914. The molecule has 1 aliphatic heterocycles. The van der Waals surface area contributed by atoms with Gasteiger partial charge in [0.1, 0.15) is 5.82 Å². The average Bonchev–Trinajstić information content (AvgIpc) is 2.32. The molecule has 0 unspecified atom stereocenters.